The molecule has 0 radical (unpaired) electrons. The van der Waals surface area contributed by atoms with Gasteiger partial charge in [0.2, 0.25) is 5.91 Å². The van der Waals surface area contributed by atoms with Gasteiger partial charge in [0, 0.05) is 24.3 Å². The second kappa shape index (κ2) is 10.8. The Labute approximate surface area is 174 Å². The van der Waals surface area contributed by atoms with Gasteiger partial charge in [-0.15, -0.1) is 0 Å². The van der Waals surface area contributed by atoms with Gasteiger partial charge in [0.1, 0.15) is 0 Å². The largest absolute Gasteiger partial charge is 0.355 e. The van der Waals surface area contributed by atoms with Crippen molar-refractivity contribution >= 4 is 17.5 Å². The molecule has 2 amide bonds. The Hall–Kier alpha value is -2.66. The Balaban J connectivity index is 2.00. The number of amides is 2. The summed E-state index contributed by atoms with van der Waals surface area (Å²) in [6.07, 6.45) is 1.12. The lowest BCUT2D eigenvalue weighted by Crippen LogP contribution is -2.33. The van der Waals surface area contributed by atoms with E-state index in [1.165, 1.54) is 11.1 Å². The van der Waals surface area contributed by atoms with Gasteiger partial charge < -0.3 is 16.0 Å². The average molecular weight is 396 g/mol. The molecule has 2 aromatic carbocycles. The van der Waals surface area contributed by atoms with E-state index in [0.717, 1.165) is 6.42 Å². The van der Waals surface area contributed by atoms with Gasteiger partial charge in [-0.1, -0.05) is 58.0 Å². The third kappa shape index (κ3) is 6.43. The van der Waals surface area contributed by atoms with E-state index in [-0.39, 0.29) is 24.4 Å². The number of hydrogen-bond donors (Lipinski definition) is 3. The smallest absolute Gasteiger partial charge is 0.251 e. The quantitative estimate of drug-likeness (QED) is 0.586. The highest BCUT2D eigenvalue weighted by atomic mass is 16.2. The van der Waals surface area contributed by atoms with Crippen molar-refractivity contribution in [2.24, 2.45) is 5.92 Å². The second-order valence-corrected chi connectivity index (χ2v) is 7.79. The van der Waals surface area contributed by atoms with Crippen LogP contribution in [0.5, 0.6) is 0 Å². The summed E-state index contributed by atoms with van der Waals surface area (Å²) in [5.74, 6) is 0.570. The molecule has 0 saturated heterocycles. The van der Waals surface area contributed by atoms with Crippen LogP contribution in [-0.2, 0) is 4.79 Å². The molecule has 0 heterocycles. The number of rotatable bonds is 9. The first-order valence-electron chi connectivity index (χ1n) is 10.3. The highest BCUT2D eigenvalue weighted by Gasteiger charge is 2.17. The lowest BCUT2D eigenvalue weighted by atomic mass is 9.92. The van der Waals surface area contributed by atoms with Gasteiger partial charge >= 0.3 is 0 Å². The minimum absolute atomic E-state index is 0.0870. The summed E-state index contributed by atoms with van der Waals surface area (Å²) >= 11 is 0. The maximum Gasteiger partial charge on any atom is 0.251 e. The Kier molecular flexibility index (Phi) is 8.40. The summed E-state index contributed by atoms with van der Waals surface area (Å²) in [5, 5.41) is 8.82. The van der Waals surface area contributed by atoms with E-state index in [1.54, 1.807) is 31.3 Å². The van der Waals surface area contributed by atoms with Gasteiger partial charge in [0.25, 0.3) is 5.91 Å². The number of benzene rings is 2. The third-order valence-corrected chi connectivity index (χ3v) is 5.26. The van der Waals surface area contributed by atoms with Crippen LogP contribution < -0.4 is 16.0 Å². The molecule has 0 saturated carbocycles. The van der Waals surface area contributed by atoms with Crippen molar-refractivity contribution in [2.75, 3.05) is 18.9 Å². The molecule has 0 fully saturated rings. The molecule has 0 aliphatic rings. The highest BCUT2D eigenvalue weighted by Crippen LogP contribution is 2.25. The van der Waals surface area contributed by atoms with Gasteiger partial charge in [-0.05, 0) is 47.6 Å². The SMILES string of the molecule is CC[C@H](C)c1ccc([C@H](NCC(=O)Nc2cccc(C(=O)NC)c2)C(C)C)cc1. The van der Waals surface area contributed by atoms with Crippen LogP contribution in [0.25, 0.3) is 0 Å². The molecule has 5 heteroatoms. The molecule has 2 rings (SSSR count). The Morgan fingerprint density at radius 2 is 1.62 bits per heavy atom. The van der Waals surface area contributed by atoms with E-state index >= 15 is 0 Å². The molecule has 0 aliphatic carbocycles. The Bertz CT molecular complexity index is 815. The predicted octanol–water partition coefficient (Wildman–Crippen LogP) is 4.49. The highest BCUT2D eigenvalue weighted by molar-refractivity contribution is 5.97. The van der Waals surface area contributed by atoms with Crippen LogP contribution in [-0.4, -0.2) is 25.4 Å². The fourth-order valence-corrected chi connectivity index (χ4v) is 3.30. The first-order valence-corrected chi connectivity index (χ1v) is 10.3. The predicted molar refractivity (Wildman–Crippen MR) is 119 cm³/mol. The number of anilines is 1. The van der Waals surface area contributed by atoms with E-state index in [2.05, 4.69) is 67.9 Å². The van der Waals surface area contributed by atoms with Crippen molar-refractivity contribution in [3.63, 3.8) is 0 Å². The van der Waals surface area contributed by atoms with Crippen LogP contribution in [0.1, 0.15) is 67.6 Å². The van der Waals surface area contributed by atoms with Gasteiger partial charge in [-0.3, -0.25) is 9.59 Å². The Morgan fingerprint density at radius 3 is 2.21 bits per heavy atom. The maximum absolute atomic E-state index is 12.4. The van der Waals surface area contributed by atoms with Crippen molar-refractivity contribution in [1.82, 2.24) is 10.6 Å². The summed E-state index contributed by atoms with van der Waals surface area (Å²) in [6.45, 7) is 8.91. The van der Waals surface area contributed by atoms with Crippen LogP contribution in [0.3, 0.4) is 0 Å². The molecule has 0 aromatic heterocycles. The van der Waals surface area contributed by atoms with Crippen molar-refractivity contribution < 1.29 is 9.59 Å². The topological polar surface area (TPSA) is 70.2 Å². The monoisotopic (exact) mass is 395 g/mol. The molecule has 3 N–H and O–H groups in total. The van der Waals surface area contributed by atoms with Gasteiger partial charge in [0.15, 0.2) is 0 Å². The molecule has 2 atom stereocenters. The number of carbonyl (C=O) groups is 2. The fraction of sp³-hybridized carbons (Fsp3) is 0.417. The van der Waals surface area contributed by atoms with Crippen LogP contribution in [0.4, 0.5) is 5.69 Å². The van der Waals surface area contributed by atoms with Gasteiger partial charge in [-0.2, -0.15) is 0 Å². The first-order chi connectivity index (χ1) is 13.8. The molecule has 0 unspecified atom stereocenters. The average Bonchev–Trinajstić information content (AvgIpc) is 2.73. The standard InChI is InChI=1S/C24H33N3O2/c1-6-17(4)18-10-12-19(13-11-18)23(16(2)3)26-15-22(28)27-21-9-7-8-20(14-21)24(29)25-5/h7-14,16-17,23,26H,6,15H2,1-5H3,(H,25,29)(H,27,28)/t17-,23+/m0/s1. The first kappa shape index (κ1) is 22.6. The number of hydrogen-bond acceptors (Lipinski definition) is 3. The normalized spacial score (nSPS) is 13.0. The summed E-state index contributed by atoms with van der Waals surface area (Å²) in [6, 6.07) is 15.7. The van der Waals surface area contributed by atoms with E-state index in [1.807, 2.05) is 0 Å². The summed E-state index contributed by atoms with van der Waals surface area (Å²) in [4.78, 5) is 24.2. The van der Waals surface area contributed by atoms with Gasteiger partial charge in [0.05, 0.1) is 6.54 Å². The third-order valence-electron chi connectivity index (χ3n) is 5.26. The minimum Gasteiger partial charge on any atom is -0.355 e. The minimum atomic E-state index is -0.181. The van der Waals surface area contributed by atoms with Crippen LogP contribution in [0.2, 0.25) is 0 Å². The molecular formula is C24H33N3O2. The van der Waals surface area contributed by atoms with Crippen molar-refractivity contribution in [2.45, 2.75) is 46.1 Å². The van der Waals surface area contributed by atoms with E-state index in [0.29, 0.717) is 23.1 Å². The van der Waals surface area contributed by atoms with E-state index in [9.17, 15) is 9.59 Å². The summed E-state index contributed by atoms with van der Waals surface area (Å²) in [7, 11) is 1.58. The number of carbonyl (C=O) groups excluding carboxylic acids is 2. The molecule has 29 heavy (non-hydrogen) atoms. The van der Waals surface area contributed by atoms with Gasteiger partial charge in [-0.25, -0.2) is 0 Å². The van der Waals surface area contributed by atoms with Crippen LogP contribution in [0, 0.1) is 5.92 Å². The molecule has 2 aromatic rings. The van der Waals surface area contributed by atoms with Crippen molar-refractivity contribution in [1.29, 1.82) is 0 Å². The van der Waals surface area contributed by atoms with Crippen molar-refractivity contribution in [3.8, 4) is 0 Å². The number of nitrogens with one attached hydrogen (secondary N) is 3. The molecule has 0 bridgehead atoms. The molecular weight excluding hydrogens is 362 g/mol. The Morgan fingerprint density at radius 1 is 0.966 bits per heavy atom. The second-order valence-electron chi connectivity index (χ2n) is 7.79. The van der Waals surface area contributed by atoms with Crippen LogP contribution >= 0.6 is 0 Å². The van der Waals surface area contributed by atoms with E-state index in [4.69, 9.17) is 0 Å². The summed E-state index contributed by atoms with van der Waals surface area (Å²) in [5.41, 5.74) is 3.64. The van der Waals surface area contributed by atoms with Crippen LogP contribution in [0.15, 0.2) is 48.5 Å². The lowest BCUT2D eigenvalue weighted by molar-refractivity contribution is -0.115. The fourth-order valence-electron chi connectivity index (χ4n) is 3.30. The maximum atomic E-state index is 12.4. The summed E-state index contributed by atoms with van der Waals surface area (Å²) < 4.78 is 0. The zero-order chi connectivity index (χ0) is 21.4. The zero-order valence-electron chi connectivity index (χ0n) is 18.1. The molecule has 5 nitrogen and oxygen atoms in total. The van der Waals surface area contributed by atoms with Crippen molar-refractivity contribution in [3.05, 3.63) is 65.2 Å². The molecule has 0 spiro atoms. The van der Waals surface area contributed by atoms with E-state index < -0.39 is 0 Å². The molecule has 156 valence electrons. The molecule has 0 aliphatic heterocycles. The lowest BCUT2D eigenvalue weighted by Gasteiger charge is -2.23. The zero-order valence-corrected chi connectivity index (χ0v) is 18.1.